The molecule has 0 bridgehead atoms. The average molecular weight is 288 g/mol. The second kappa shape index (κ2) is 5.88. The zero-order valence-electron chi connectivity index (χ0n) is 11.4. The summed E-state index contributed by atoms with van der Waals surface area (Å²) in [6.07, 6.45) is 2.21. The third-order valence-electron chi connectivity index (χ3n) is 3.12. The van der Waals surface area contributed by atoms with E-state index in [9.17, 15) is 4.79 Å². The standard InChI is InChI=1S/C15H16N2O2S/c1-3-13-12(7-8-19-13)15(18)17(2)11-6-4-5-10(9-11)14(16)20/h4-9H,3H2,1-2H3,(H2,16,20). The summed E-state index contributed by atoms with van der Waals surface area (Å²) in [5, 5.41) is 0. The number of aryl methyl sites for hydroxylation is 1. The van der Waals surface area contributed by atoms with Crippen molar-refractivity contribution in [2.75, 3.05) is 11.9 Å². The maximum Gasteiger partial charge on any atom is 0.261 e. The highest BCUT2D eigenvalue weighted by Crippen LogP contribution is 2.20. The maximum atomic E-state index is 12.5. The lowest BCUT2D eigenvalue weighted by atomic mass is 10.1. The maximum absolute atomic E-state index is 12.5. The monoisotopic (exact) mass is 288 g/mol. The molecule has 1 aromatic carbocycles. The molecular weight excluding hydrogens is 272 g/mol. The van der Waals surface area contributed by atoms with E-state index in [0.29, 0.717) is 22.7 Å². The van der Waals surface area contributed by atoms with Crippen molar-refractivity contribution in [3.05, 3.63) is 53.5 Å². The van der Waals surface area contributed by atoms with Gasteiger partial charge in [0, 0.05) is 24.7 Å². The Morgan fingerprint density at radius 1 is 1.40 bits per heavy atom. The first-order valence-electron chi connectivity index (χ1n) is 6.29. The smallest absolute Gasteiger partial charge is 0.261 e. The molecule has 104 valence electrons. The Labute approximate surface area is 123 Å². The van der Waals surface area contributed by atoms with Gasteiger partial charge in [-0.05, 0) is 18.2 Å². The lowest BCUT2D eigenvalue weighted by Crippen LogP contribution is -2.27. The van der Waals surface area contributed by atoms with Crippen LogP contribution in [-0.4, -0.2) is 17.9 Å². The van der Waals surface area contributed by atoms with Gasteiger partial charge in [0.05, 0.1) is 11.8 Å². The van der Waals surface area contributed by atoms with Crippen LogP contribution in [0.5, 0.6) is 0 Å². The molecule has 2 aromatic rings. The third kappa shape index (κ3) is 2.72. The largest absolute Gasteiger partial charge is 0.469 e. The van der Waals surface area contributed by atoms with E-state index in [1.165, 1.54) is 6.26 Å². The van der Waals surface area contributed by atoms with E-state index in [2.05, 4.69) is 0 Å². The average Bonchev–Trinajstić information content (AvgIpc) is 2.94. The van der Waals surface area contributed by atoms with Crippen molar-refractivity contribution in [1.29, 1.82) is 0 Å². The lowest BCUT2D eigenvalue weighted by Gasteiger charge is -2.18. The second-order valence-electron chi connectivity index (χ2n) is 4.39. The molecular formula is C15H16N2O2S. The van der Waals surface area contributed by atoms with Crippen molar-refractivity contribution in [2.45, 2.75) is 13.3 Å². The first-order valence-corrected chi connectivity index (χ1v) is 6.69. The van der Waals surface area contributed by atoms with Gasteiger partial charge in [-0.15, -0.1) is 0 Å². The minimum atomic E-state index is -0.115. The highest BCUT2D eigenvalue weighted by atomic mass is 32.1. The molecule has 5 heteroatoms. The zero-order valence-corrected chi connectivity index (χ0v) is 12.2. The van der Waals surface area contributed by atoms with Gasteiger partial charge in [0.1, 0.15) is 10.7 Å². The predicted molar refractivity (Wildman–Crippen MR) is 83.1 cm³/mol. The molecule has 0 radical (unpaired) electrons. The number of rotatable bonds is 4. The number of thiocarbonyl (C=S) groups is 1. The van der Waals surface area contributed by atoms with Crippen LogP contribution in [0.1, 0.15) is 28.6 Å². The topological polar surface area (TPSA) is 59.5 Å². The molecule has 0 saturated carbocycles. The van der Waals surface area contributed by atoms with Crippen molar-refractivity contribution < 1.29 is 9.21 Å². The molecule has 0 saturated heterocycles. The molecule has 0 atom stereocenters. The van der Waals surface area contributed by atoms with Crippen molar-refractivity contribution in [3.8, 4) is 0 Å². The summed E-state index contributed by atoms with van der Waals surface area (Å²) in [7, 11) is 1.72. The van der Waals surface area contributed by atoms with Crippen molar-refractivity contribution >= 4 is 28.8 Å². The number of nitrogens with zero attached hydrogens (tertiary/aromatic N) is 1. The van der Waals surface area contributed by atoms with Crippen LogP contribution in [0.3, 0.4) is 0 Å². The minimum absolute atomic E-state index is 0.115. The van der Waals surface area contributed by atoms with Crippen LogP contribution in [0.25, 0.3) is 0 Å². The van der Waals surface area contributed by atoms with E-state index in [-0.39, 0.29) is 5.91 Å². The van der Waals surface area contributed by atoms with E-state index in [4.69, 9.17) is 22.4 Å². The van der Waals surface area contributed by atoms with E-state index >= 15 is 0 Å². The van der Waals surface area contributed by atoms with Crippen molar-refractivity contribution in [2.24, 2.45) is 5.73 Å². The molecule has 0 aliphatic heterocycles. The number of furan rings is 1. The van der Waals surface area contributed by atoms with Gasteiger partial charge in [-0.3, -0.25) is 4.79 Å². The Balaban J connectivity index is 2.31. The fourth-order valence-corrected chi connectivity index (χ4v) is 2.10. The van der Waals surface area contributed by atoms with Gasteiger partial charge in [-0.2, -0.15) is 0 Å². The molecule has 0 aliphatic rings. The van der Waals surface area contributed by atoms with Crippen LogP contribution in [0, 0.1) is 0 Å². The molecule has 1 heterocycles. The number of benzene rings is 1. The molecule has 0 spiro atoms. The van der Waals surface area contributed by atoms with Crippen LogP contribution in [0.4, 0.5) is 5.69 Å². The number of nitrogens with two attached hydrogens (primary N) is 1. The Bertz CT molecular complexity index is 649. The van der Waals surface area contributed by atoms with Gasteiger partial charge in [0.25, 0.3) is 5.91 Å². The first-order chi connectivity index (χ1) is 9.54. The summed E-state index contributed by atoms with van der Waals surface area (Å²) in [5.74, 6) is 0.572. The highest BCUT2D eigenvalue weighted by molar-refractivity contribution is 7.80. The zero-order chi connectivity index (χ0) is 14.7. The molecule has 20 heavy (non-hydrogen) atoms. The number of hydrogen-bond donors (Lipinski definition) is 1. The lowest BCUT2D eigenvalue weighted by molar-refractivity contribution is 0.0991. The predicted octanol–water partition coefficient (Wildman–Crippen LogP) is 2.75. The summed E-state index contributed by atoms with van der Waals surface area (Å²) < 4.78 is 5.29. The summed E-state index contributed by atoms with van der Waals surface area (Å²) in [6, 6.07) is 8.97. The van der Waals surface area contributed by atoms with Crippen LogP contribution < -0.4 is 10.6 Å². The normalized spacial score (nSPS) is 10.3. The molecule has 0 unspecified atom stereocenters. The Hall–Kier alpha value is -2.14. The Morgan fingerprint density at radius 3 is 2.80 bits per heavy atom. The van der Waals surface area contributed by atoms with Crippen LogP contribution in [-0.2, 0) is 6.42 Å². The van der Waals surface area contributed by atoms with Gasteiger partial charge >= 0.3 is 0 Å². The number of hydrogen-bond acceptors (Lipinski definition) is 3. The fraction of sp³-hybridized carbons (Fsp3) is 0.200. The number of carbonyl (C=O) groups excluding carboxylic acids is 1. The molecule has 2 N–H and O–H groups in total. The van der Waals surface area contributed by atoms with Gasteiger partial charge in [-0.1, -0.05) is 31.3 Å². The van der Waals surface area contributed by atoms with Crippen molar-refractivity contribution in [3.63, 3.8) is 0 Å². The Kier molecular flexibility index (Phi) is 4.20. The fourth-order valence-electron chi connectivity index (χ4n) is 1.97. The summed E-state index contributed by atoms with van der Waals surface area (Å²) in [4.78, 5) is 14.3. The number of carbonyl (C=O) groups is 1. The molecule has 2 rings (SSSR count). The van der Waals surface area contributed by atoms with E-state index in [1.807, 2.05) is 25.1 Å². The van der Waals surface area contributed by atoms with Crippen LogP contribution in [0.2, 0.25) is 0 Å². The highest BCUT2D eigenvalue weighted by Gasteiger charge is 2.18. The van der Waals surface area contributed by atoms with Gasteiger partial charge < -0.3 is 15.1 Å². The van der Waals surface area contributed by atoms with E-state index in [0.717, 1.165) is 11.3 Å². The summed E-state index contributed by atoms with van der Waals surface area (Å²) in [6.45, 7) is 1.95. The first kappa shape index (κ1) is 14.3. The molecule has 1 aromatic heterocycles. The van der Waals surface area contributed by atoms with Gasteiger partial charge in [-0.25, -0.2) is 0 Å². The van der Waals surface area contributed by atoms with Crippen LogP contribution in [0.15, 0.2) is 41.0 Å². The SMILES string of the molecule is CCc1occc1C(=O)N(C)c1cccc(C(N)=S)c1. The van der Waals surface area contributed by atoms with E-state index < -0.39 is 0 Å². The quantitative estimate of drug-likeness (QED) is 0.879. The molecule has 0 aliphatic carbocycles. The minimum Gasteiger partial charge on any atom is -0.469 e. The second-order valence-corrected chi connectivity index (χ2v) is 4.83. The molecule has 4 nitrogen and oxygen atoms in total. The molecule has 0 fully saturated rings. The number of amides is 1. The van der Waals surface area contributed by atoms with E-state index in [1.54, 1.807) is 24.1 Å². The Morgan fingerprint density at radius 2 is 2.15 bits per heavy atom. The summed E-state index contributed by atoms with van der Waals surface area (Å²) >= 11 is 4.95. The summed E-state index contributed by atoms with van der Waals surface area (Å²) in [5.41, 5.74) is 7.67. The number of anilines is 1. The van der Waals surface area contributed by atoms with Gasteiger partial charge in [0.2, 0.25) is 0 Å². The third-order valence-corrected chi connectivity index (χ3v) is 3.36. The molecule has 1 amide bonds. The van der Waals surface area contributed by atoms with Crippen LogP contribution >= 0.6 is 12.2 Å². The van der Waals surface area contributed by atoms with Gasteiger partial charge in [0.15, 0.2) is 0 Å². The van der Waals surface area contributed by atoms with Crippen molar-refractivity contribution in [1.82, 2.24) is 0 Å².